The first-order valence-electron chi connectivity index (χ1n) is 9.78. The summed E-state index contributed by atoms with van der Waals surface area (Å²) in [5, 5.41) is 2.80. The zero-order valence-corrected chi connectivity index (χ0v) is 18.7. The van der Waals surface area contributed by atoms with Gasteiger partial charge in [0, 0.05) is 12.2 Å². The Balaban J connectivity index is 1.66. The van der Waals surface area contributed by atoms with E-state index in [1.54, 1.807) is 36.4 Å². The molecule has 0 saturated carbocycles. The molecule has 1 aliphatic rings. The van der Waals surface area contributed by atoms with E-state index in [2.05, 4.69) is 10.0 Å². The van der Waals surface area contributed by atoms with Crippen LogP contribution in [0.2, 0.25) is 0 Å². The Labute approximate surface area is 186 Å². The number of cyclic esters (lactones) is 1. The molecule has 2 amide bonds. The van der Waals surface area contributed by atoms with E-state index >= 15 is 0 Å². The van der Waals surface area contributed by atoms with Crippen LogP contribution in [0.15, 0.2) is 59.5 Å². The van der Waals surface area contributed by atoms with E-state index in [0.29, 0.717) is 31.0 Å². The van der Waals surface area contributed by atoms with Gasteiger partial charge in [-0.25, -0.2) is 13.2 Å². The summed E-state index contributed by atoms with van der Waals surface area (Å²) in [7, 11) is -3.82. The van der Waals surface area contributed by atoms with Gasteiger partial charge in [-0.05, 0) is 48.3 Å². The van der Waals surface area contributed by atoms with Gasteiger partial charge in [-0.15, -0.1) is 0 Å². The fraction of sp³-hybridized carbons (Fsp3) is 0.333. The Hall–Kier alpha value is -2.56. The van der Waals surface area contributed by atoms with Crippen molar-refractivity contribution in [2.24, 2.45) is 0 Å². The van der Waals surface area contributed by atoms with Crippen molar-refractivity contribution in [3.63, 3.8) is 0 Å². The maximum Gasteiger partial charge on any atom is 0.414 e. The van der Waals surface area contributed by atoms with E-state index in [0.717, 1.165) is 5.56 Å². The van der Waals surface area contributed by atoms with Gasteiger partial charge in [-0.3, -0.25) is 9.69 Å². The molecular formula is C21H25N3O5S2. The molecule has 166 valence electrons. The highest BCUT2D eigenvalue weighted by molar-refractivity contribution is 7.98. The summed E-state index contributed by atoms with van der Waals surface area (Å²) in [5.74, 6) is 0.224. The summed E-state index contributed by atoms with van der Waals surface area (Å²) in [6.07, 6.45) is 1.86. The normalized spacial score (nSPS) is 14.9. The van der Waals surface area contributed by atoms with Crippen LogP contribution in [0.4, 0.5) is 10.5 Å². The lowest BCUT2D eigenvalue weighted by Gasteiger charge is -2.19. The molecule has 1 atom stereocenters. The maximum absolute atomic E-state index is 12.8. The average Bonchev–Trinajstić information content (AvgIpc) is 3.21. The molecule has 3 rings (SSSR count). The van der Waals surface area contributed by atoms with Crippen LogP contribution >= 0.6 is 11.8 Å². The molecule has 1 saturated heterocycles. The molecule has 8 nitrogen and oxygen atoms in total. The number of sulfonamides is 1. The van der Waals surface area contributed by atoms with Crippen LogP contribution < -0.4 is 14.9 Å². The topological polar surface area (TPSA) is 105 Å². The molecule has 0 aliphatic carbocycles. The van der Waals surface area contributed by atoms with E-state index in [4.69, 9.17) is 4.74 Å². The Kier molecular flexibility index (Phi) is 7.94. The number of hydrogen-bond donors (Lipinski definition) is 2. The molecule has 0 bridgehead atoms. The number of benzene rings is 2. The lowest BCUT2D eigenvalue weighted by atomic mass is 10.1. The molecular weight excluding hydrogens is 438 g/mol. The first-order valence-corrected chi connectivity index (χ1v) is 12.7. The lowest BCUT2D eigenvalue weighted by molar-refractivity contribution is -0.122. The second-order valence-corrected chi connectivity index (χ2v) is 9.62. The maximum atomic E-state index is 12.8. The van der Waals surface area contributed by atoms with Crippen LogP contribution in [0.25, 0.3) is 0 Å². The van der Waals surface area contributed by atoms with Crippen LogP contribution in [-0.2, 0) is 26.1 Å². The first kappa shape index (κ1) is 23.1. The largest absolute Gasteiger partial charge is 0.447 e. The molecule has 1 aliphatic heterocycles. The van der Waals surface area contributed by atoms with Gasteiger partial charge in [0.1, 0.15) is 12.6 Å². The number of hydrogen-bond acceptors (Lipinski definition) is 6. The van der Waals surface area contributed by atoms with Gasteiger partial charge < -0.3 is 10.1 Å². The molecule has 2 aromatic carbocycles. The zero-order valence-electron chi connectivity index (χ0n) is 17.1. The van der Waals surface area contributed by atoms with Crippen molar-refractivity contribution in [1.29, 1.82) is 0 Å². The molecule has 2 aromatic rings. The monoisotopic (exact) mass is 463 g/mol. The number of anilines is 1. The van der Waals surface area contributed by atoms with E-state index < -0.39 is 28.1 Å². The van der Waals surface area contributed by atoms with E-state index in [1.807, 2.05) is 12.3 Å². The summed E-state index contributed by atoms with van der Waals surface area (Å²) in [5.41, 5.74) is 1.48. The highest BCUT2D eigenvalue weighted by atomic mass is 32.2. The molecule has 2 N–H and O–H groups in total. The minimum Gasteiger partial charge on any atom is -0.447 e. The van der Waals surface area contributed by atoms with Crippen LogP contribution in [0.3, 0.4) is 0 Å². The van der Waals surface area contributed by atoms with Crippen molar-refractivity contribution in [3.05, 3.63) is 60.2 Å². The Morgan fingerprint density at radius 3 is 2.65 bits per heavy atom. The molecule has 31 heavy (non-hydrogen) atoms. The quantitative estimate of drug-likeness (QED) is 0.561. The van der Waals surface area contributed by atoms with Gasteiger partial charge >= 0.3 is 6.09 Å². The standard InChI is InChI=1S/C21H25N3O5S2/c1-30-13-10-19(23-31(27,28)18-8-3-2-4-9-18)20(25)22-15-16-6-5-7-17(14-16)24-11-12-29-21(24)26/h2-9,14,19,23H,10-13,15H2,1H3,(H,22,25). The smallest absolute Gasteiger partial charge is 0.414 e. The SMILES string of the molecule is CSCCC(NS(=O)(=O)c1ccccc1)C(=O)NCc1cccc(N2CCOC2=O)c1. The van der Waals surface area contributed by atoms with Crippen molar-refractivity contribution in [3.8, 4) is 0 Å². The molecule has 1 unspecified atom stereocenters. The minimum atomic E-state index is -3.82. The van der Waals surface area contributed by atoms with Crippen molar-refractivity contribution >= 4 is 39.5 Å². The number of nitrogens with zero attached hydrogens (tertiary/aromatic N) is 1. The fourth-order valence-electron chi connectivity index (χ4n) is 3.11. The molecule has 0 aromatic heterocycles. The van der Waals surface area contributed by atoms with E-state index in [1.165, 1.54) is 28.8 Å². The van der Waals surface area contributed by atoms with Crippen molar-refractivity contribution in [2.75, 3.05) is 30.1 Å². The average molecular weight is 464 g/mol. The first-order chi connectivity index (χ1) is 14.9. The second kappa shape index (κ2) is 10.7. The molecule has 10 heteroatoms. The summed E-state index contributed by atoms with van der Waals surface area (Å²) in [6.45, 7) is 1.03. The van der Waals surface area contributed by atoms with Crippen molar-refractivity contribution in [2.45, 2.75) is 23.9 Å². The van der Waals surface area contributed by atoms with Gasteiger partial charge in [-0.2, -0.15) is 16.5 Å². The third-order valence-electron chi connectivity index (χ3n) is 4.73. The summed E-state index contributed by atoms with van der Waals surface area (Å²) < 4.78 is 32.8. The van der Waals surface area contributed by atoms with Crippen molar-refractivity contribution < 1.29 is 22.7 Å². The fourth-order valence-corrected chi connectivity index (χ4v) is 4.83. The molecule has 0 spiro atoms. The third-order valence-corrected chi connectivity index (χ3v) is 6.86. The summed E-state index contributed by atoms with van der Waals surface area (Å²) in [6, 6.07) is 14.3. The molecule has 0 radical (unpaired) electrons. The lowest BCUT2D eigenvalue weighted by Crippen LogP contribution is -2.46. The third kappa shape index (κ3) is 6.22. The highest BCUT2D eigenvalue weighted by Gasteiger charge is 2.26. The number of carbonyl (C=O) groups excluding carboxylic acids is 2. The predicted octanol–water partition coefficient (Wildman–Crippen LogP) is 2.36. The minimum absolute atomic E-state index is 0.113. The molecule has 1 heterocycles. The summed E-state index contributed by atoms with van der Waals surface area (Å²) in [4.78, 5) is 26.2. The zero-order chi connectivity index (χ0) is 22.3. The number of carbonyl (C=O) groups is 2. The van der Waals surface area contributed by atoms with Crippen LogP contribution in [-0.4, -0.2) is 51.6 Å². The number of rotatable bonds is 10. The number of thioether (sulfide) groups is 1. The van der Waals surface area contributed by atoms with Crippen molar-refractivity contribution in [1.82, 2.24) is 10.0 Å². The Morgan fingerprint density at radius 2 is 1.97 bits per heavy atom. The Morgan fingerprint density at radius 1 is 1.19 bits per heavy atom. The van der Waals surface area contributed by atoms with Crippen LogP contribution in [0, 0.1) is 0 Å². The van der Waals surface area contributed by atoms with E-state index in [9.17, 15) is 18.0 Å². The molecule has 1 fully saturated rings. The number of amides is 2. The van der Waals surface area contributed by atoms with Gasteiger partial charge in [0.2, 0.25) is 15.9 Å². The van der Waals surface area contributed by atoms with Gasteiger partial charge in [-0.1, -0.05) is 30.3 Å². The highest BCUT2D eigenvalue weighted by Crippen LogP contribution is 2.20. The van der Waals surface area contributed by atoms with Gasteiger partial charge in [0.25, 0.3) is 0 Å². The van der Waals surface area contributed by atoms with Crippen LogP contribution in [0.1, 0.15) is 12.0 Å². The second-order valence-electron chi connectivity index (χ2n) is 6.92. The van der Waals surface area contributed by atoms with Crippen LogP contribution in [0.5, 0.6) is 0 Å². The number of ether oxygens (including phenoxy) is 1. The predicted molar refractivity (Wildman–Crippen MR) is 121 cm³/mol. The van der Waals surface area contributed by atoms with Gasteiger partial charge in [0.05, 0.1) is 11.4 Å². The number of nitrogens with one attached hydrogen (secondary N) is 2. The summed E-state index contributed by atoms with van der Waals surface area (Å²) >= 11 is 1.54. The van der Waals surface area contributed by atoms with E-state index in [-0.39, 0.29) is 11.4 Å². The Bertz CT molecular complexity index is 1010. The van der Waals surface area contributed by atoms with Gasteiger partial charge in [0.15, 0.2) is 0 Å².